The average molecular weight is 492 g/mol. The van der Waals surface area contributed by atoms with E-state index in [4.69, 9.17) is 14.0 Å². The van der Waals surface area contributed by atoms with E-state index in [-0.39, 0.29) is 31.3 Å². The van der Waals surface area contributed by atoms with Crippen molar-refractivity contribution in [2.45, 2.75) is 58.8 Å². The lowest BCUT2D eigenvalue weighted by Gasteiger charge is -2.32. The predicted molar refractivity (Wildman–Crippen MR) is 139 cm³/mol. The molecule has 0 atom stereocenters. The largest absolute Gasteiger partial charge is 0.492 e. The van der Waals surface area contributed by atoms with E-state index in [0.29, 0.717) is 11.2 Å². The number of alkyl carbamates (subject to hydrolysis) is 1. The predicted octanol–water partition coefficient (Wildman–Crippen LogP) is 4.55. The van der Waals surface area contributed by atoms with Gasteiger partial charge in [0.1, 0.15) is 12.4 Å². The SMILES string of the molecule is CC(=O)CC(=O)Nc1ccc(C=C(CNC(=O)OCc2ccccc2)B2OC(C)(C)C(C)(C)O2)cc1. The zero-order chi connectivity index (χ0) is 26.3. The third-order valence-corrected chi connectivity index (χ3v) is 6.16. The zero-order valence-corrected chi connectivity index (χ0v) is 21.4. The van der Waals surface area contributed by atoms with Crippen LogP contribution in [-0.4, -0.2) is 42.6 Å². The van der Waals surface area contributed by atoms with Gasteiger partial charge in [0.2, 0.25) is 5.91 Å². The number of carbonyl (C=O) groups is 3. The van der Waals surface area contributed by atoms with Gasteiger partial charge >= 0.3 is 13.2 Å². The summed E-state index contributed by atoms with van der Waals surface area (Å²) in [5.41, 5.74) is 1.91. The number of Topliss-reactive ketones (excluding diaryl/α,β-unsaturated/α-hetero) is 1. The minimum absolute atomic E-state index is 0.154. The number of amides is 2. The number of anilines is 1. The van der Waals surface area contributed by atoms with Crippen molar-refractivity contribution < 1.29 is 28.4 Å². The van der Waals surface area contributed by atoms with Gasteiger partial charge in [-0.05, 0) is 63.4 Å². The summed E-state index contributed by atoms with van der Waals surface area (Å²) >= 11 is 0. The number of rotatable bonds is 9. The quantitative estimate of drug-likeness (QED) is 0.394. The van der Waals surface area contributed by atoms with E-state index < -0.39 is 24.4 Å². The maximum atomic E-state index is 12.4. The summed E-state index contributed by atoms with van der Waals surface area (Å²) < 4.78 is 17.7. The van der Waals surface area contributed by atoms with Crippen molar-refractivity contribution in [3.63, 3.8) is 0 Å². The summed E-state index contributed by atoms with van der Waals surface area (Å²) in [6, 6.07) is 16.6. The minimum atomic E-state index is -0.667. The molecular weight excluding hydrogens is 459 g/mol. The van der Waals surface area contributed by atoms with Gasteiger partial charge in [0.15, 0.2) is 0 Å². The van der Waals surface area contributed by atoms with Gasteiger partial charge in [0.05, 0.1) is 17.6 Å². The Labute approximate surface area is 212 Å². The first kappa shape index (κ1) is 27.2. The summed E-state index contributed by atoms with van der Waals surface area (Å²) in [4.78, 5) is 35.3. The highest BCUT2D eigenvalue weighted by atomic mass is 16.7. The molecule has 190 valence electrons. The fraction of sp³-hybridized carbons (Fsp3) is 0.370. The Kier molecular flexibility index (Phi) is 8.71. The molecule has 0 radical (unpaired) electrons. The Morgan fingerprint density at radius 1 is 0.944 bits per heavy atom. The van der Waals surface area contributed by atoms with Crippen molar-refractivity contribution >= 4 is 36.7 Å². The van der Waals surface area contributed by atoms with E-state index in [1.165, 1.54) is 6.92 Å². The molecule has 0 aliphatic carbocycles. The van der Waals surface area contributed by atoms with Crippen molar-refractivity contribution in [3.05, 3.63) is 71.2 Å². The summed E-state index contributed by atoms with van der Waals surface area (Å²) in [5, 5.41) is 5.48. The van der Waals surface area contributed by atoms with Gasteiger partial charge in [-0.3, -0.25) is 9.59 Å². The number of carbonyl (C=O) groups excluding carboxylic acids is 3. The van der Waals surface area contributed by atoms with Gasteiger partial charge in [0, 0.05) is 12.2 Å². The number of ketones is 1. The van der Waals surface area contributed by atoms with E-state index in [9.17, 15) is 14.4 Å². The van der Waals surface area contributed by atoms with Crippen LogP contribution in [0.4, 0.5) is 10.5 Å². The molecule has 1 fully saturated rings. The first-order valence-electron chi connectivity index (χ1n) is 11.9. The van der Waals surface area contributed by atoms with Crippen LogP contribution in [-0.2, 0) is 30.2 Å². The summed E-state index contributed by atoms with van der Waals surface area (Å²) in [5.74, 6) is -0.559. The van der Waals surface area contributed by atoms with Gasteiger partial charge < -0.3 is 24.7 Å². The second-order valence-electron chi connectivity index (χ2n) is 9.77. The molecule has 0 unspecified atom stereocenters. The lowest BCUT2D eigenvalue weighted by molar-refractivity contribution is -0.124. The lowest BCUT2D eigenvalue weighted by atomic mass is 9.77. The number of hydrogen-bond donors (Lipinski definition) is 2. The fourth-order valence-corrected chi connectivity index (χ4v) is 3.45. The molecule has 9 heteroatoms. The summed E-state index contributed by atoms with van der Waals surface area (Å²) in [6.07, 6.45) is 1.16. The Bertz CT molecular complexity index is 1100. The molecule has 0 aromatic heterocycles. The maximum absolute atomic E-state index is 12.4. The van der Waals surface area contributed by atoms with Crippen molar-refractivity contribution in [2.75, 3.05) is 11.9 Å². The molecule has 0 saturated carbocycles. The number of benzene rings is 2. The van der Waals surface area contributed by atoms with Gasteiger partial charge in [-0.2, -0.15) is 0 Å². The van der Waals surface area contributed by atoms with Crippen LogP contribution >= 0.6 is 0 Å². The topological polar surface area (TPSA) is 103 Å². The molecule has 2 N–H and O–H groups in total. The summed E-state index contributed by atoms with van der Waals surface area (Å²) in [6.45, 7) is 9.54. The molecule has 8 nitrogen and oxygen atoms in total. The monoisotopic (exact) mass is 492 g/mol. The average Bonchev–Trinajstić information content (AvgIpc) is 3.03. The summed E-state index contributed by atoms with van der Waals surface area (Å²) in [7, 11) is -0.667. The third kappa shape index (κ3) is 7.54. The van der Waals surface area contributed by atoms with Crippen LogP contribution in [0, 0.1) is 0 Å². The molecule has 1 aliphatic heterocycles. The van der Waals surface area contributed by atoms with E-state index in [1.807, 2.05) is 76.2 Å². The van der Waals surface area contributed by atoms with Crippen LogP contribution in [0.2, 0.25) is 0 Å². The van der Waals surface area contributed by atoms with Crippen molar-refractivity contribution in [3.8, 4) is 0 Å². The van der Waals surface area contributed by atoms with Gasteiger partial charge in [-0.25, -0.2) is 4.79 Å². The van der Waals surface area contributed by atoms with Crippen LogP contribution < -0.4 is 10.6 Å². The molecular formula is C27H33BN2O6. The molecule has 0 spiro atoms. The van der Waals surface area contributed by atoms with E-state index in [0.717, 1.165) is 11.1 Å². The maximum Gasteiger partial charge on any atom is 0.492 e. The van der Waals surface area contributed by atoms with E-state index in [2.05, 4.69) is 10.6 Å². The van der Waals surface area contributed by atoms with Crippen LogP contribution in [0.5, 0.6) is 0 Å². The Hall–Kier alpha value is -3.43. The van der Waals surface area contributed by atoms with Crippen molar-refractivity contribution in [1.82, 2.24) is 5.32 Å². The highest BCUT2D eigenvalue weighted by Gasteiger charge is 2.52. The third-order valence-electron chi connectivity index (χ3n) is 6.16. The first-order chi connectivity index (χ1) is 16.9. The molecule has 2 amide bonds. The van der Waals surface area contributed by atoms with Crippen LogP contribution in [0.25, 0.3) is 6.08 Å². The molecule has 36 heavy (non-hydrogen) atoms. The van der Waals surface area contributed by atoms with Crippen molar-refractivity contribution in [2.24, 2.45) is 0 Å². The molecule has 0 bridgehead atoms. The lowest BCUT2D eigenvalue weighted by Crippen LogP contribution is -2.41. The van der Waals surface area contributed by atoms with E-state index in [1.54, 1.807) is 12.1 Å². The van der Waals surface area contributed by atoms with Gasteiger partial charge in [0.25, 0.3) is 0 Å². The number of ether oxygens (including phenoxy) is 1. The zero-order valence-electron chi connectivity index (χ0n) is 21.4. The van der Waals surface area contributed by atoms with Gasteiger partial charge in [-0.1, -0.05) is 48.5 Å². The van der Waals surface area contributed by atoms with Crippen LogP contribution in [0.3, 0.4) is 0 Å². The smallest absolute Gasteiger partial charge is 0.445 e. The minimum Gasteiger partial charge on any atom is -0.445 e. The Balaban J connectivity index is 1.71. The number of hydrogen-bond acceptors (Lipinski definition) is 6. The molecule has 2 aromatic rings. The van der Waals surface area contributed by atoms with Gasteiger partial charge in [-0.15, -0.1) is 0 Å². The van der Waals surface area contributed by atoms with Crippen molar-refractivity contribution in [1.29, 1.82) is 0 Å². The van der Waals surface area contributed by atoms with Crippen LogP contribution in [0.15, 0.2) is 60.1 Å². The molecule has 1 heterocycles. The molecule has 1 saturated heterocycles. The fourth-order valence-electron chi connectivity index (χ4n) is 3.45. The highest BCUT2D eigenvalue weighted by molar-refractivity contribution is 6.56. The Morgan fingerprint density at radius 2 is 1.56 bits per heavy atom. The second kappa shape index (κ2) is 11.5. The Morgan fingerprint density at radius 3 is 2.14 bits per heavy atom. The normalized spacial score (nSPS) is 16.4. The molecule has 2 aromatic carbocycles. The second-order valence-corrected chi connectivity index (χ2v) is 9.77. The number of nitrogens with one attached hydrogen (secondary N) is 2. The highest BCUT2D eigenvalue weighted by Crippen LogP contribution is 2.38. The standard InChI is InChI=1S/C27H33BN2O6/c1-19(31)15-24(32)30-23-13-11-20(12-14-23)16-22(28-35-26(2,3)27(4,5)36-28)17-29-25(33)34-18-21-9-7-6-8-10-21/h6-14,16H,15,17-18H2,1-5H3,(H,29,33)(H,30,32). The van der Waals surface area contributed by atoms with Crippen LogP contribution in [0.1, 0.15) is 52.2 Å². The van der Waals surface area contributed by atoms with E-state index >= 15 is 0 Å². The molecule has 3 rings (SSSR count). The first-order valence-corrected chi connectivity index (χ1v) is 11.9. The molecule has 1 aliphatic rings.